The summed E-state index contributed by atoms with van der Waals surface area (Å²) in [6, 6.07) is 10.4. The summed E-state index contributed by atoms with van der Waals surface area (Å²) in [6.07, 6.45) is 5.63. The summed E-state index contributed by atoms with van der Waals surface area (Å²) in [6.45, 7) is 0.783. The van der Waals surface area contributed by atoms with Gasteiger partial charge in [-0.3, -0.25) is 9.79 Å². The molecule has 0 saturated heterocycles. The number of hydrogen-bond donors (Lipinski definition) is 0. The number of aliphatic imine (C=N–C) groups is 1. The lowest BCUT2D eigenvalue weighted by Gasteiger charge is -2.17. The number of hydrogen-bond acceptors (Lipinski definition) is 2. The molecule has 3 saturated carbocycles. The Balaban J connectivity index is 1.55. The molecular weight excluding hydrogens is 246 g/mol. The zero-order chi connectivity index (χ0) is 13.5. The molecule has 0 spiro atoms. The van der Waals surface area contributed by atoms with Crippen molar-refractivity contribution in [2.24, 2.45) is 28.7 Å². The summed E-state index contributed by atoms with van der Waals surface area (Å²) >= 11 is 0. The Labute approximate surface area is 120 Å². The first kappa shape index (κ1) is 12.3. The maximum absolute atomic E-state index is 12.2. The zero-order valence-corrected chi connectivity index (χ0v) is 11.8. The number of carbonyl (C=O) groups is 1. The standard InChI is InChI=1S/C18H21NO/c20-16-9-7-14-10-13-6-8-15(17(13)18(14)16)19-11-12-4-2-1-3-5-12/h1-5,13-14,17-18H,6-11H2. The lowest BCUT2D eigenvalue weighted by molar-refractivity contribution is -0.121. The van der Waals surface area contributed by atoms with Crippen molar-refractivity contribution < 1.29 is 4.79 Å². The topological polar surface area (TPSA) is 29.4 Å². The van der Waals surface area contributed by atoms with Gasteiger partial charge in [-0.15, -0.1) is 0 Å². The SMILES string of the molecule is O=C1CCC2CC3CCC(=NCc4ccccc4)C3C12. The number of rotatable bonds is 2. The van der Waals surface area contributed by atoms with E-state index in [1.165, 1.54) is 24.1 Å². The van der Waals surface area contributed by atoms with E-state index in [4.69, 9.17) is 4.99 Å². The fourth-order valence-electron chi connectivity index (χ4n) is 4.76. The number of fused-ring (bicyclic) bond motifs is 3. The summed E-state index contributed by atoms with van der Waals surface area (Å²) < 4.78 is 0. The molecule has 0 amide bonds. The number of Topliss-reactive ketones (excluding diaryl/α,β-unsaturated/α-hetero) is 1. The van der Waals surface area contributed by atoms with Crippen LogP contribution in [0, 0.1) is 23.7 Å². The van der Waals surface area contributed by atoms with Crippen LogP contribution in [0.5, 0.6) is 0 Å². The Hall–Kier alpha value is -1.44. The van der Waals surface area contributed by atoms with Gasteiger partial charge in [0.2, 0.25) is 0 Å². The van der Waals surface area contributed by atoms with E-state index in [2.05, 4.69) is 24.3 Å². The third kappa shape index (κ3) is 1.93. The molecule has 4 rings (SSSR count). The molecule has 2 heteroatoms. The van der Waals surface area contributed by atoms with Crippen molar-refractivity contribution in [1.29, 1.82) is 0 Å². The molecule has 3 aliphatic rings. The van der Waals surface area contributed by atoms with Gasteiger partial charge in [0.05, 0.1) is 6.54 Å². The third-order valence-corrected chi connectivity index (χ3v) is 5.61. The molecule has 1 aromatic rings. The van der Waals surface area contributed by atoms with Crippen LogP contribution in [-0.4, -0.2) is 11.5 Å². The highest BCUT2D eigenvalue weighted by Gasteiger charge is 2.53. The molecular formula is C18H21NO. The van der Waals surface area contributed by atoms with E-state index in [0.717, 1.165) is 31.7 Å². The van der Waals surface area contributed by atoms with Crippen molar-refractivity contribution in [3.63, 3.8) is 0 Å². The van der Waals surface area contributed by atoms with E-state index in [1.54, 1.807) is 0 Å². The summed E-state index contributed by atoms with van der Waals surface area (Å²) in [5.74, 6) is 2.79. The second-order valence-corrected chi connectivity index (χ2v) is 6.64. The molecule has 4 unspecified atom stereocenters. The minimum absolute atomic E-state index is 0.331. The molecule has 104 valence electrons. The Bertz CT molecular complexity index is 548. The predicted octanol–water partition coefficient (Wildman–Crippen LogP) is 3.65. The summed E-state index contributed by atoms with van der Waals surface area (Å²) in [4.78, 5) is 17.1. The molecule has 1 aromatic carbocycles. The van der Waals surface area contributed by atoms with E-state index >= 15 is 0 Å². The second kappa shape index (κ2) is 4.83. The largest absolute Gasteiger partial charge is 0.299 e. The molecule has 0 radical (unpaired) electrons. The van der Waals surface area contributed by atoms with Crippen molar-refractivity contribution in [1.82, 2.24) is 0 Å². The van der Waals surface area contributed by atoms with Crippen molar-refractivity contribution in [2.45, 2.75) is 38.6 Å². The van der Waals surface area contributed by atoms with Gasteiger partial charge in [0, 0.05) is 24.0 Å². The predicted molar refractivity (Wildman–Crippen MR) is 79.6 cm³/mol. The number of carbonyl (C=O) groups excluding carboxylic acids is 1. The second-order valence-electron chi connectivity index (χ2n) is 6.64. The molecule has 20 heavy (non-hydrogen) atoms. The minimum Gasteiger partial charge on any atom is -0.299 e. The van der Waals surface area contributed by atoms with Crippen molar-refractivity contribution >= 4 is 11.5 Å². The van der Waals surface area contributed by atoms with E-state index in [1.807, 2.05) is 6.07 Å². The fraction of sp³-hybridized carbons (Fsp3) is 0.556. The molecule has 0 bridgehead atoms. The molecule has 2 nitrogen and oxygen atoms in total. The normalized spacial score (nSPS) is 37.4. The summed E-state index contributed by atoms with van der Waals surface area (Å²) in [5.41, 5.74) is 2.62. The Morgan fingerprint density at radius 2 is 1.75 bits per heavy atom. The van der Waals surface area contributed by atoms with Crippen LogP contribution in [0.1, 0.15) is 37.7 Å². The highest BCUT2D eigenvalue weighted by Crippen LogP contribution is 2.54. The van der Waals surface area contributed by atoms with Crippen molar-refractivity contribution in [3.05, 3.63) is 35.9 Å². The average Bonchev–Trinajstić information content (AvgIpc) is 3.11. The van der Waals surface area contributed by atoms with Crippen molar-refractivity contribution in [2.75, 3.05) is 0 Å². The first-order valence-electron chi connectivity index (χ1n) is 7.93. The lowest BCUT2D eigenvalue weighted by Crippen LogP contribution is -2.24. The maximum Gasteiger partial charge on any atom is 0.136 e. The average molecular weight is 267 g/mol. The van der Waals surface area contributed by atoms with Gasteiger partial charge < -0.3 is 0 Å². The van der Waals surface area contributed by atoms with Gasteiger partial charge in [-0.2, -0.15) is 0 Å². The van der Waals surface area contributed by atoms with Crippen LogP contribution in [0.25, 0.3) is 0 Å². The summed E-state index contributed by atoms with van der Waals surface area (Å²) in [5, 5.41) is 0. The molecule has 3 aliphatic carbocycles. The van der Waals surface area contributed by atoms with Gasteiger partial charge in [0.1, 0.15) is 5.78 Å². The van der Waals surface area contributed by atoms with Crippen LogP contribution < -0.4 is 0 Å². The monoisotopic (exact) mass is 267 g/mol. The molecule has 4 atom stereocenters. The van der Waals surface area contributed by atoms with E-state index < -0.39 is 0 Å². The number of nitrogens with zero attached hydrogens (tertiary/aromatic N) is 1. The number of benzene rings is 1. The first-order chi connectivity index (χ1) is 9.83. The molecule has 0 heterocycles. The molecule has 3 fully saturated rings. The van der Waals surface area contributed by atoms with Crippen LogP contribution in [0.4, 0.5) is 0 Å². The fourth-order valence-corrected chi connectivity index (χ4v) is 4.76. The zero-order valence-electron chi connectivity index (χ0n) is 11.8. The van der Waals surface area contributed by atoms with E-state index in [-0.39, 0.29) is 0 Å². The van der Waals surface area contributed by atoms with Gasteiger partial charge in [-0.25, -0.2) is 0 Å². The van der Waals surface area contributed by atoms with Gasteiger partial charge in [-0.1, -0.05) is 30.3 Å². The van der Waals surface area contributed by atoms with Crippen LogP contribution in [-0.2, 0) is 11.3 Å². The quantitative estimate of drug-likeness (QED) is 0.804. The maximum atomic E-state index is 12.2. The molecule has 0 aromatic heterocycles. The number of ketones is 1. The smallest absolute Gasteiger partial charge is 0.136 e. The summed E-state index contributed by atoms with van der Waals surface area (Å²) in [7, 11) is 0. The highest BCUT2D eigenvalue weighted by atomic mass is 16.1. The Kier molecular flexibility index (Phi) is 2.98. The minimum atomic E-state index is 0.331. The van der Waals surface area contributed by atoms with Gasteiger partial charge >= 0.3 is 0 Å². The van der Waals surface area contributed by atoms with Gasteiger partial charge in [0.15, 0.2) is 0 Å². The van der Waals surface area contributed by atoms with Gasteiger partial charge in [-0.05, 0) is 43.1 Å². The van der Waals surface area contributed by atoms with E-state index in [0.29, 0.717) is 23.5 Å². The lowest BCUT2D eigenvalue weighted by atomic mass is 9.87. The first-order valence-corrected chi connectivity index (χ1v) is 7.93. The van der Waals surface area contributed by atoms with Crippen molar-refractivity contribution in [3.8, 4) is 0 Å². The van der Waals surface area contributed by atoms with Crippen LogP contribution in [0.3, 0.4) is 0 Å². The van der Waals surface area contributed by atoms with Crippen LogP contribution >= 0.6 is 0 Å². The Morgan fingerprint density at radius 1 is 1.00 bits per heavy atom. The third-order valence-electron chi connectivity index (χ3n) is 5.61. The molecule has 0 aliphatic heterocycles. The van der Waals surface area contributed by atoms with E-state index in [9.17, 15) is 4.79 Å². The highest BCUT2D eigenvalue weighted by molar-refractivity contribution is 5.96. The Morgan fingerprint density at radius 3 is 2.60 bits per heavy atom. The van der Waals surface area contributed by atoms with Crippen LogP contribution in [0.2, 0.25) is 0 Å². The van der Waals surface area contributed by atoms with Crippen LogP contribution in [0.15, 0.2) is 35.3 Å². The van der Waals surface area contributed by atoms with Gasteiger partial charge in [0.25, 0.3) is 0 Å². The molecule has 0 N–H and O–H groups in total.